The molecule has 0 bridgehead atoms. The van der Waals surface area contributed by atoms with Crippen LogP contribution in [0.3, 0.4) is 0 Å². The van der Waals surface area contributed by atoms with Crippen LogP contribution in [-0.4, -0.2) is 49.1 Å². The van der Waals surface area contributed by atoms with Gasteiger partial charge in [-0.05, 0) is 27.2 Å². The van der Waals surface area contributed by atoms with Crippen LogP contribution in [0.25, 0.3) is 0 Å². The Hall–Kier alpha value is -0.780. The van der Waals surface area contributed by atoms with E-state index in [2.05, 4.69) is 6.08 Å². The minimum Gasteiger partial charge on any atom is -0.373 e. The van der Waals surface area contributed by atoms with Crippen molar-refractivity contribution in [3.05, 3.63) is 11.6 Å². The SMILES string of the molecule is CO[C@@H]1C(=O)[C@H](F)C[C@]2(CO2)[C@H]1C1(C)O[C@@H]1CC=C(C)C. The molecule has 118 valence electrons. The second-order valence-corrected chi connectivity index (χ2v) is 6.87. The smallest absolute Gasteiger partial charge is 0.196 e. The predicted molar refractivity (Wildman–Crippen MR) is 74.8 cm³/mol. The van der Waals surface area contributed by atoms with Gasteiger partial charge in [0.1, 0.15) is 17.3 Å². The van der Waals surface area contributed by atoms with Gasteiger partial charge >= 0.3 is 0 Å². The number of epoxide rings is 2. The van der Waals surface area contributed by atoms with Gasteiger partial charge in [0.15, 0.2) is 12.0 Å². The second kappa shape index (κ2) is 4.86. The summed E-state index contributed by atoms with van der Waals surface area (Å²) in [5.41, 5.74) is 0.179. The first-order valence-corrected chi connectivity index (χ1v) is 7.50. The topological polar surface area (TPSA) is 51.4 Å². The Labute approximate surface area is 124 Å². The molecule has 4 nitrogen and oxygen atoms in total. The summed E-state index contributed by atoms with van der Waals surface area (Å²) in [5, 5.41) is 0. The van der Waals surface area contributed by atoms with Crippen LogP contribution in [0.15, 0.2) is 11.6 Å². The fraction of sp³-hybridized carbons (Fsp3) is 0.812. The molecule has 5 heteroatoms. The van der Waals surface area contributed by atoms with Crippen LogP contribution in [0.4, 0.5) is 4.39 Å². The van der Waals surface area contributed by atoms with Crippen LogP contribution >= 0.6 is 0 Å². The lowest BCUT2D eigenvalue weighted by atomic mass is 9.68. The van der Waals surface area contributed by atoms with Crippen molar-refractivity contribution < 1.29 is 23.4 Å². The van der Waals surface area contributed by atoms with E-state index in [0.29, 0.717) is 6.61 Å². The molecule has 0 aromatic heterocycles. The minimum atomic E-state index is -1.49. The molecule has 1 unspecified atom stereocenters. The van der Waals surface area contributed by atoms with Crippen LogP contribution in [0.2, 0.25) is 0 Å². The number of ketones is 1. The summed E-state index contributed by atoms with van der Waals surface area (Å²) in [6, 6.07) is 0. The van der Waals surface area contributed by atoms with E-state index in [4.69, 9.17) is 14.2 Å². The lowest BCUT2D eigenvalue weighted by molar-refractivity contribution is -0.150. The number of carbonyl (C=O) groups is 1. The zero-order valence-corrected chi connectivity index (χ0v) is 13.0. The van der Waals surface area contributed by atoms with E-state index in [9.17, 15) is 9.18 Å². The normalized spacial score (nSPS) is 48.3. The molecule has 3 fully saturated rings. The highest BCUT2D eigenvalue weighted by molar-refractivity contribution is 5.89. The maximum Gasteiger partial charge on any atom is 0.196 e. The Morgan fingerprint density at radius 3 is 2.71 bits per heavy atom. The fourth-order valence-corrected chi connectivity index (χ4v) is 3.79. The van der Waals surface area contributed by atoms with Gasteiger partial charge in [-0.1, -0.05) is 11.6 Å². The first kappa shape index (κ1) is 15.1. The predicted octanol–water partition coefficient (Wildman–Crippen LogP) is 2.21. The summed E-state index contributed by atoms with van der Waals surface area (Å²) in [7, 11) is 1.46. The number of alkyl halides is 1. The van der Waals surface area contributed by atoms with Gasteiger partial charge in [-0.25, -0.2) is 4.39 Å². The highest BCUT2D eigenvalue weighted by Gasteiger charge is 2.73. The molecule has 0 radical (unpaired) electrons. The van der Waals surface area contributed by atoms with E-state index in [1.807, 2.05) is 20.8 Å². The Kier molecular flexibility index (Phi) is 3.50. The molecular formula is C16H23FO4. The number of hydrogen-bond donors (Lipinski definition) is 0. The summed E-state index contributed by atoms with van der Waals surface area (Å²) in [6.07, 6.45) is 0.825. The minimum absolute atomic E-state index is 0.0417. The van der Waals surface area contributed by atoms with Crippen molar-refractivity contribution in [2.75, 3.05) is 13.7 Å². The van der Waals surface area contributed by atoms with E-state index in [1.54, 1.807) is 0 Å². The third-order valence-corrected chi connectivity index (χ3v) is 5.09. The van der Waals surface area contributed by atoms with E-state index < -0.39 is 29.3 Å². The molecule has 3 rings (SSSR count). The molecule has 2 heterocycles. The summed E-state index contributed by atoms with van der Waals surface area (Å²) in [5.74, 6) is -0.702. The molecule has 0 aromatic carbocycles. The van der Waals surface area contributed by atoms with E-state index in [-0.39, 0.29) is 18.4 Å². The van der Waals surface area contributed by atoms with Crippen LogP contribution in [0.1, 0.15) is 33.6 Å². The number of methoxy groups -OCH3 is 1. The largest absolute Gasteiger partial charge is 0.373 e. The number of ether oxygens (including phenoxy) is 3. The summed E-state index contributed by atoms with van der Waals surface area (Å²) in [4.78, 5) is 12.1. The molecule has 1 spiro atoms. The van der Waals surface area contributed by atoms with Crippen molar-refractivity contribution >= 4 is 5.78 Å². The van der Waals surface area contributed by atoms with Gasteiger partial charge in [-0.2, -0.15) is 0 Å². The van der Waals surface area contributed by atoms with Gasteiger partial charge in [0, 0.05) is 13.5 Å². The van der Waals surface area contributed by atoms with Crippen molar-refractivity contribution in [3.8, 4) is 0 Å². The molecule has 2 saturated heterocycles. The standard InChI is InChI=1S/C16H23FO4/c1-9(2)5-6-11-15(3,21-11)14-13(19-4)12(18)10(17)7-16(14)8-20-16/h5,10-11,13-14H,6-8H2,1-4H3/t10-,11-,13-,14-,15?,16+/m1/s1. The highest BCUT2D eigenvalue weighted by Crippen LogP contribution is 2.59. The van der Waals surface area contributed by atoms with Gasteiger partial charge in [-0.15, -0.1) is 0 Å². The van der Waals surface area contributed by atoms with Gasteiger partial charge in [0.25, 0.3) is 0 Å². The summed E-state index contributed by atoms with van der Waals surface area (Å²) in [6.45, 7) is 6.56. The number of hydrogen-bond acceptors (Lipinski definition) is 4. The van der Waals surface area contributed by atoms with Crippen LogP contribution in [0.5, 0.6) is 0 Å². The first-order chi connectivity index (χ1) is 9.84. The number of rotatable bonds is 4. The van der Waals surface area contributed by atoms with Gasteiger partial charge < -0.3 is 14.2 Å². The first-order valence-electron chi connectivity index (χ1n) is 7.50. The van der Waals surface area contributed by atoms with Crippen molar-refractivity contribution in [3.63, 3.8) is 0 Å². The monoisotopic (exact) mass is 298 g/mol. The zero-order valence-electron chi connectivity index (χ0n) is 13.0. The van der Waals surface area contributed by atoms with Crippen LogP contribution < -0.4 is 0 Å². The Balaban J connectivity index is 1.82. The molecular weight excluding hydrogens is 275 g/mol. The maximum atomic E-state index is 13.9. The van der Waals surface area contributed by atoms with Gasteiger partial charge in [0.05, 0.1) is 18.6 Å². The van der Waals surface area contributed by atoms with E-state index in [1.165, 1.54) is 12.7 Å². The van der Waals surface area contributed by atoms with Crippen molar-refractivity contribution in [1.29, 1.82) is 0 Å². The third kappa shape index (κ3) is 2.35. The lowest BCUT2D eigenvalue weighted by Gasteiger charge is -2.38. The molecule has 0 N–H and O–H groups in total. The fourth-order valence-electron chi connectivity index (χ4n) is 3.79. The molecule has 0 aromatic rings. The van der Waals surface area contributed by atoms with Crippen LogP contribution in [0, 0.1) is 5.92 Å². The van der Waals surface area contributed by atoms with Crippen molar-refractivity contribution in [1.82, 2.24) is 0 Å². The Morgan fingerprint density at radius 1 is 1.52 bits per heavy atom. The zero-order chi connectivity index (χ0) is 15.4. The molecule has 1 aliphatic carbocycles. The number of allylic oxidation sites excluding steroid dienone is 1. The number of halogens is 1. The summed E-state index contributed by atoms with van der Waals surface area (Å²) >= 11 is 0. The Bertz CT molecular complexity index is 481. The van der Waals surface area contributed by atoms with Gasteiger partial charge in [0.2, 0.25) is 0 Å². The molecule has 1 saturated carbocycles. The molecule has 0 amide bonds. The Morgan fingerprint density at radius 2 is 2.19 bits per heavy atom. The molecule has 3 aliphatic rings. The average molecular weight is 298 g/mol. The molecule has 6 atom stereocenters. The molecule has 2 aliphatic heterocycles. The second-order valence-electron chi connectivity index (χ2n) is 6.87. The molecule has 21 heavy (non-hydrogen) atoms. The van der Waals surface area contributed by atoms with Crippen LogP contribution in [-0.2, 0) is 19.0 Å². The van der Waals surface area contributed by atoms with Crippen molar-refractivity contribution in [2.24, 2.45) is 5.92 Å². The maximum absolute atomic E-state index is 13.9. The van der Waals surface area contributed by atoms with E-state index in [0.717, 1.165) is 6.42 Å². The number of Topliss-reactive ketones (excluding diaryl/α,β-unsaturated/α-hetero) is 1. The summed E-state index contributed by atoms with van der Waals surface area (Å²) < 4.78 is 30.7. The van der Waals surface area contributed by atoms with Crippen molar-refractivity contribution in [2.45, 2.75) is 63.2 Å². The van der Waals surface area contributed by atoms with E-state index >= 15 is 0 Å². The number of carbonyl (C=O) groups excluding carboxylic acids is 1. The quantitative estimate of drug-likeness (QED) is 0.590. The average Bonchev–Trinajstić information content (AvgIpc) is 3.31. The highest BCUT2D eigenvalue weighted by atomic mass is 19.1. The third-order valence-electron chi connectivity index (χ3n) is 5.09. The van der Waals surface area contributed by atoms with Gasteiger partial charge in [-0.3, -0.25) is 4.79 Å². The lowest BCUT2D eigenvalue weighted by Crippen LogP contribution is -2.56.